The number of hydrogen-bond donors (Lipinski definition) is 0. The van der Waals surface area contributed by atoms with Crippen molar-refractivity contribution in [3.8, 4) is 0 Å². The number of ether oxygens (including phenoxy) is 3. The van der Waals surface area contributed by atoms with Crippen molar-refractivity contribution in [3.63, 3.8) is 0 Å². The van der Waals surface area contributed by atoms with Crippen LogP contribution in [0.5, 0.6) is 0 Å². The molecule has 6 nitrogen and oxygen atoms in total. The zero-order valence-corrected chi connectivity index (χ0v) is 20.2. The average molecular weight is 439 g/mol. The van der Waals surface area contributed by atoms with E-state index in [0.29, 0.717) is 32.1 Å². The van der Waals surface area contributed by atoms with Gasteiger partial charge in [0.1, 0.15) is 13.2 Å². The molecule has 1 rings (SSSR count). The van der Waals surface area contributed by atoms with Gasteiger partial charge < -0.3 is 14.2 Å². The van der Waals surface area contributed by atoms with Crippen molar-refractivity contribution in [1.82, 2.24) is 0 Å². The van der Waals surface area contributed by atoms with Crippen molar-refractivity contribution in [2.45, 2.75) is 98.5 Å². The van der Waals surface area contributed by atoms with Crippen molar-refractivity contribution in [2.24, 2.45) is 5.92 Å². The van der Waals surface area contributed by atoms with Gasteiger partial charge in [-0.2, -0.15) is 0 Å². The molecule has 0 aliphatic heterocycles. The van der Waals surface area contributed by atoms with Crippen LogP contribution in [0.15, 0.2) is 23.8 Å². The zero-order valence-electron chi connectivity index (χ0n) is 20.2. The maximum Gasteiger partial charge on any atom is 0.306 e. The van der Waals surface area contributed by atoms with E-state index in [-0.39, 0.29) is 37.5 Å². The quantitative estimate of drug-likeness (QED) is 0.221. The minimum Gasteiger partial charge on any atom is -0.462 e. The van der Waals surface area contributed by atoms with Gasteiger partial charge in [-0.25, -0.2) is 0 Å². The van der Waals surface area contributed by atoms with E-state index in [0.717, 1.165) is 5.92 Å². The van der Waals surface area contributed by atoms with Crippen LogP contribution in [0.25, 0.3) is 0 Å². The van der Waals surface area contributed by atoms with E-state index in [9.17, 15) is 14.4 Å². The summed E-state index contributed by atoms with van der Waals surface area (Å²) in [5, 5.41) is 0. The average Bonchev–Trinajstić information content (AvgIpc) is 2.71. The van der Waals surface area contributed by atoms with Gasteiger partial charge in [-0.3, -0.25) is 14.4 Å². The summed E-state index contributed by atoms with van der Waals surface area (Å²) in [6.07, 6.45) is 8.36. The summed E-state index contributed by atoms with van der Waals surface area (Å²) in [5.41, 5.74) is 2.90. The summed E-state index contributed by atoms with van der Waals surface area (Å²) in [7, 11) is 0. The molecule has 0 spiro atoms. The fourth-order valence-electron chi connectivity index (χ4n) is 2.90. The first-order chi connectivity index (χ1) is 14.7. The van der Waals surface area contributed by atoms with E-state index >= 15 is 0 Å². The topological polar surface area (TPSA) is 78.9 Å². The number of esters is 3. The molecule has 0 saturated carbocycles. The van der Waals surface area contributed by atoms with Crippen molar-refractivity contribution >= 4 is 17.9 Å². The highest BCUT2D eigenvalue weighted by atomic mass is 16.6. The largest absolute Gasteiger partial charge is 0.462 e. The molecule has 1 atom stereocenters. The maximum atomic E-state index is 11.5. The van der Waals surface area contributed by atoms with Crippen LogP contribution in [0.1, 0.15) is 92.4 Å². The molecule has 1 aliphatic rings. The van der Waals surface area contributed by atoms with Gasteiger partial charge in [0.25, 0.3) is 0 Å². The summed E-state index contributed by atoms with van der Waals surface area (Å²) < 4.78 is 15.2. The van der Waals surface area contributed by atoms with Gasteiger partial charge >= 0.3 is 17.9 Å². The maximum absolute atomic E-state index is 11.5. The summed E-state index contributed by atoms with van der Waals surface area (Å²) in [4.78, 5) is 34.1. The van der Waals surface area contributed by atoms with Crippen LogP contribution in [0, 0.1) is 5.92 Å². The minimum atomic E-state index is -0.745. The third-order valence-corrected chi connectivity index (χ3v) is 4.86. The molecule has 0 amide bonds. The first-order valence-corrected chi connectivity index (χ1v) is 11.5. The normalized spacial score (nSPS) is 15.3. The SMILES string of the molecule is C=C(C)C1CC=C(C)CC1.CCCC(=O)OCC(COC(=O)CCC)OC(=O)CCC. The number of hydrogen-bond acceptors (Lipinski definition) is 6. The van der Waals surface area contributed by atoms with E-state index in [2.05, 4.69) is 26.5 Å². The number of carbonyl (C=O) groups is 3. The summed E-state index contributed by atoms with van der Waals surface area (Å²) in [6, 6.07) is 0. The predicted molar refractivity (Wildman–Crippen MR) is 122 cm³/mol. The number of carbonyl (C=O) groups excluding carboxylic acids is 3. The Labute approximate surface area is 188 Å². The molecule has 31 heavy (non-hydrogen) atoms. The predicted octanol–water partition coefficient (Wildman–Crippen LogP) is 5.69. The lowest BCUT2D eigenvalue weighted by molar-refractivity contribution is -0.166. The lowest BCUT2D eigenvalue weighted by Gasteiger charge is -2.19. The second kappa shape index (κ2) is 17.6. The van der Waals surface area contributed by atoms with Crippen molar-refractivity contribution < 1.29 is 28.6 Å². The van der Waals surface area contributed by atoms with Crippen molar-refractivity contribution in [2.75, 3.05) is 13.2 Å². The second-order valence-corrected chi connectivity index (χ2v) is 8.10. The second-order valence-electron chi connectivity index (χ2n) is 8.10. The van der Waals surface area contributed by atoms with Crippen LogP contribution in [0.2, 0.25) is 0 Å². The lowest BCUT2D eigenvalue weighted by atomic mass is 9.86. The highest BCUT2D eigenvalue weighted by Crippen LogP contribution is 2.27. The smallest absolute Gasteiger partial charge is 0.306 e. The Hall–Kier alpha value is -2.11. The number of allylic oxidation sites excluding steroid dienone is 3. The molecule has 1 unspecified atom stereocenters. The van der Waals surface area contributed by atoms with E-state index in [4.69, 9.17) is 14.2 Å². The van der Waals surface area contributed by atoms with Gasteiger partial charge in [-0.05, 0) is 58.3 Å². The Morgan fingerprint density at radius 2 is 1.45 bits per heavy atom. The van der Waals surface area contributed by atoms with Gasteiger partial charge in [-0.15, -0.1) is 0 Å². The first-order valence-electron chi connectivity index (χ1n) is 11.5. The van der Waals surface area contributed by atoms with Gasteiger partial charge in [0.2, 0.25) is 0 Å². The molecule has 1 aliphatic carbocycles. The third kappa shape index (κ3) is 15.4. The Morgan fingerprint density at radius 1 is 0.968 bits per heavy atom. The van der Waals surface area contributed by atoms with Crippen molar-refractivity contribution in [1.29, 1.82) is 0 Å². The van der Waals surface area contributed by atoms with Crippen LogP contribution in [-0.4, -0.2) is 37.2 Å². The van der Waals surface area contributed by atoms with Crippen LogP contribution in [-0.2, 0) is 28.6 Å². The molecule has 0 fully saturated rings. The van der Waals surface area contributed by atoms with Gasteiger partial charge in [0, 0.05) is 19.3 Å². The Morgan fingerprint density at radius 3 is 1.84 bits per heavy atom. The molecular formula is C25H42O6. The molecule has 0 radical (unpaired) electrons. The Kier molecular flexibility index (Phi) is 16.4. The van der Waals surface area contributed by atoms with Gasteiger partial charge in [0.05, 0.1) is 0 Å². The molecule has 0 heterocycles. The van der Waals surface area contributed by atoms with Crippen molar-refractivity contribution in [3.05, 3.63) is 23.8 Å². The van der Waals surface area contributed by atoms with E-state index in [1.807, 2.05) is 20.8 Å². The molecule has 0 aromatic heterocycles. The van der Waals surface area contributed by atoms with E-state index < -0.39 is 6.10 Å². The van der Waals surface area contributed by atoms with Crippen LogP contribution in [0.3, 0.4) is 0 Å². The molecule has 178 valence electrons. The van der Waals surface area contributed by atoms with Crippen LogP contribution >= 0.6 is 0 Å². The molecule has 0 aromatic rings. The molecule has 6 heteroatoms. The van der Waals surface area contributed by atoms with E-state index in [1.54, 1.807) is 5.57 Å². The van der Waals surface area contributed by atoms with Crippen LogP contribution < -0.4 is 0 Å². The standard InChI is InChI=1S/C15H26O6.C10H16/c1-4-7-13(16)19-10-12(21-15(18)9-6-3)11-20-14(17)8-5-2;1-8(2)10-6-4-9(3)5-7-10/h12H,4-11H2,1-3H3;4,10H,1,5-7H2,2-3H3. The molecule has 0 N–H and O–H groups in total. The Bertz CT molecular complexity index is 571. The fraction of sp³-hybridized carbons (Fsp3) is 0.720. The Balaban J connectivity index is 0.000000743. The third-order valence-electron chi connectivity index (χ3n) is 4.86. The molecule has 0 bridgehead atoms. The summed E-state index contributed by atoms with van der Waals surface area (Å²) in [6.45, 7) is 13.7. The molecule has 0 aromatic carbocycles. The van der Waals surface area contributed by atoms with E-state index in [1.165, 1.54) is 24.8 Å². The lowest BCUT2D eigenvalue weighted by Crippen LogP contribution is -2.30. The van der Waals surface area contributed by atoms with Gasteiger partial charge in [0.15, 0.2) is 6.10 Å². The first kappa shape index (κ1) is 28.9. The van der Waals surface area contributed by atoms with Gasteiger partial charge in [-0.1, -0.05) is 44.6 Å². The summed E-state index contributed by atoms with van der Waals surface area (Å²) >= 11 is 0. The summed E-state index contributed by atoms with van der Waals surface area (Å²) in [5.74, 6) is -0.327. The molecular weight excluding hydrogens is 396 g/mol. The highest BCUT2D eigenvalue weighted by Gasteiger charge is 2.18. The zero-order chi connectivity index (χ0) is 23.6. The van der Waals surface area contributed by atoms with Crippen LogP contribution in [0.4, 0.5) is 0 Å². The molecule has 0 saturated heterocycles. The highest BCUT2D eigenvalue weighted by molar-refractivity contribution is 5.71. The number of rotatable bonds is 12. The monoisotopic (exact) mass is 438 g/mol. The fourth-order valence-corrected chi connectivity index (χ4v) is 2.90. The minimum absolute atomic E-state index is 0.0896.